The van der Waals surface area contributed by atoms with Crippen LogP contribution in [-0.4, -0.2) is 33.3 Å². The van der Waals surface area contributed by atoms with Crippen molar-refractivity contribution in [3.63, 3.8) is 0 Å². The quantitative estimate of drug-likeness (QED) is 0.709. The molecule has 0 aromatic rings. The molecule has 0 bridgehead atoms. The highest BCUT2D eigenvalue weighted by Gasteiger charge is 2.22. The summed E-state index contributed by atoms with van der Waals surface area (Å²) in [4.78, 5) is 0. The first kappa shape index (κ1) is 13.9. The van der Waals surface area contributed by atoms with Gasteiger partial charge in [-0.25, -0.2) is 13.1 Å². The van der Waals surface area contributed by atoms with Crippen LogP contribution in [0, 0.1) is 5.92 Å². The van der Waals surface area contributed by atoms with E-state index in [1.807, 2.05) is 0 Å². The van der Waals surface area contributed by atoms with E-state index < -0.39 is 10.0 Å². The summed E-state index contributed by atoms with van der Waals surface area (Å²) < 4.78 is 25.2. The Morgan fingerprint density at radius 2 is 2.00 bits per heavy atom. The molecule has 1 saturated carbocycles. The highest BCUT2D eigenvalue weighted by atomic mass is 32.2. The van der Waals surface area contributed by atoms with Crippen molar-refractivity contribution in [2.24, 2.45) is 5.92 Å². The maximum Gasteiger partial charge on any atom is 0.212 e. The Morgan fingerprint density at radius 1 is 1.25 bits per heavy atom. The molecule has 1 aliphatic carbocycles. The number of hydrogen-bond acceptors (Lipinski definition) is 3. The molecule has 1 aliphatic rings. The van der Waals surface area contributed by atoms with Crippen molar-refractivity contribution >= 4 is 10.0 Å². The van der Waals surface area contributed by atoms with Crippen LogP contribution in [0.3, 0.4) is 0 Å². The number of hydrogen-bond donors (Lipinski definition) is 2. The van der Waals surface area contributed by atoms with Gasteiger partial charge in [0.25, 0.3) is 0 Å². The van der Waals surface area contributed by atoms with Gasteiger partial charge < -0.3 is 5.32 Å². The van der Waals surface area contributed by atoms with Crippen LogP contribution < -0.4 is 10.0 Å². The summed E-state index contributed by atoms with van der Waals surface area (Å²) in [7, 11) is -3.05. The average molecular weight is 248 g/mol. The molecule has 0 spiro atoms. The molecule has 0 aliphatic heterocycles. The van der Waals surface area contributed by atoms with E-state index in [0.717, 1.165) is 5.92 Å². The number of rotatable bonds is 7. The molecule has 5 heteroatoms. The van der Waals surface area contributed by atoms with Crippen LogP contribution in [0.1, 0.15) is 39.5 Å². The van der Waals surface area contributed by atoms with E-state index in [1.54, 1.807) is 6.92 Å². The maximum atomic E-state index is 11.4. The van der Waals surface area contributed by atoms with Crippen LogP contribution in [0.5, 0.6) is 0 Å². The van der Waals surface area contributed by atoms with Crippen molar-refractivity contribution in [2.45, 2.75) is 45.6 Å². The molecule has 1 rings (SSSR count). The molecule has 2 N–H and O–H groups in total. The van der Waals surface area contributed by atoms with Gasteiger partial charge >= 0.3 is 0 Å². The number of sulfonamides is 1. The van der Waals surface area contributed by atoms with Crippen molar-refractivity contribution in [1.82, 2.24) is 10.0 Å². The van der Waals surface area contributed by atoms with Gasteiger partial charge in [0.15, 0.2) is 0 Å². The lowest BCUT2D eigenvalue weighted by Gasteiger charge is -2.12. The molecular weight excluding hydrogens is 224 g/mol. The van der Waals surface area contributed by atoms with Crippen molar-refractivity contribution in [3.8, 4) is 0 Å². The van der Waals surface area contributed by atoms with Crippen LogP contribution in [0.2, 0.25) is 0 Å². The molecule has 1 fully saturated rings. The lowest BCUT2D eigenvalue weighted by atomic mass is 10.1. The largest absolute Gasteiger partial charge is 0.313 e. The molecule has 16 heavy (non-hydrogen) atoms. The smallest absolute Gasteiger partial charge is 0.212 e. The normalized spacial score (nSPS) is 26.1. The standard InChI is InChI=1S/C11H24N2O2S/c1-3-10-5-6-11(9-10)12-7-8-16(14,15)13-4-2/h10-13H,3-9H2,1-2H3. The molecule has 0 amide bonds. The summed E-state index contributed by atoms with van der Waals surface area (Å²) >= 11 is 0. The summed E-state index contributed by atoms with van der Waals surface area (Å²) in [6.07, 6.45) is 4.93. The summed E-state index contributed by atoms with van der Waals surface area (Å²) in [5, 5.41) is 3.34. The lowest BCUT2D eigenvalue weighted by molar-refractivity contribution is 0.484. The second-order valence-corrected chi connectivity index (χ2v) is 6.48. The van der Waals surface area contributed by atoms with Crippen LogP contribution in [-0.2, 0) is 10.0 Å². The summed E-state index contributed by atoms with van der Waals surface area (Å²) in [5.41, 5.74) is 0. The molecule has 0 radical (unpaired) electrons. The zero-order valence-electron chi connectivity index (χ0n) is 10.3. The summed E-state index contributed by atoms with van der Waals surface area (Å²) in [6, 6.07) is 0.529. The first-order valence-corrected chi connectivity index (χ1v) is 7.93. The van der Waals surface area contributed by atoms with Crippen LogP contribution in [0.15, 0.2) is 0 Å². The van der Waals surface area contributed by atoms with E-state index in [1.165, 1.54) is 25.7 Å². The predicted molar refractivity (Wildman–Crippen MR) is 66.9 cm³/mol. The van der Waals surface area contributed by atoms with E-state index in [2.05, 4.69) is 17.0 Å². The molecule has 0 saturated heterocycles. The third kappa shape index (κ3) is 4.80. The van der Waals surface area contributed by atoms with Gasteiger partial charge in [-0.15, -0.1) is 0 Å². The van der Waals surface area contributed by atoms with E-state index in [9.17, 15) is 8.42 Å². The molecule has 96 valence electrons. The van der Waals surface area contributed by atoms with Gasteiger partial charge in [0.2, 0.25) is 10.0 Å². The van der Waals surface area contributed by atoms with Gasteiger partial charge in [0.1, 0.15) is 0 Å². The van der Waals surface area contributed by atoms with Gasteiger partial charge in [0, 0.05) is 19.1 Å². The molecule has 0 aromatic heterocycles. The summed E-state index contributed by atoms with van der Waals surface area (Å²) in [6.45, 7) is 5.07. The highest BCUT2D eigenvalue weighted by Crippen LogP contribution is 2.27. The third-order valence-corrected chi connectivity index (χ3v) is 4.76. The van der Waals surface area contributed by atoms with Crippen LogP contribution >= 0.6 is 0 Å². The number of nitrogens with one attached hydrogen (secondary N) is 2. The van der Waals surface area contributed by atoms with Gasteiger partial charge in [-0.2, -0.15) is 0 Å². The third-order valence-electron chi connectivity index (χ3n) is 3.29. The fraction of sp³-hybridized carbons (Fsp3) is 1.00. The van der Waals surface area contributed by atoms with Crippen molar-refractivity contribution in [3.05, 3.63) is 0 Å². The van der Waals surface area contributed by atoms with Crippen molar-refractivity contribution in [1.29, 1.82) is 0 Å². The van der Waals surface area contributed by atoms with Crippen molar-refractivity contribution < 1.29 is 8.42 Å². The molecule has 0 heterocycles. The Morgan fingerprint density at radius 3 is 2.56 bits per heavy atom. The molecule has 0 aromatic carbocycles. The Kier molecular flexibility index (Phi) is 5.72. The molecular formula is C11H24N2O2S. The van der Waals surface area contributed by atoms with Crippen LogP contribution in [0.25, 0.3) is 0 Å². The van der Waals surface area contributed by atoms with Gasteiger partial charge in [0.05, 0.1) is 5.75 Å². The van der Waals surface area contributed by atoms with Gasteiger partial charge in [-0.1, -0.05) is 20.3 Å². The summed E-state index contributed by atoms with van der Waals surface area (Å²) in [5.74, 6) is 1.02. The Hall–Kier alpha value is -0.130. The predicted octanol–water partition coefficient (Wildman–Crippen LogP) is 1.09. The van der Waals surface area contributed by atoms with E-state index in [4.69, 9.17) is 0 Å². The van der Waals surface area contributed by atoms with E-state index in [0.29, 0.717) is 19.1 Å². The zero-order chi connectivity index (χ0) is 12.0. The topological polar surface area (TPSA) is 58.2 Å². The minimum atomic E-state index is -3.05. The fourth-order valence-corrected chi connectivity index (χ4v) is 3.29. The fourth-order valence-electron chi connectivity index (χ4n) is 2.32. The Labute approximate surface area is 99.2 Å². The zero-order valence-corrected chi connectivity index (χ0v) is 11.1. The minimum absolute atomic E-state index is 0.189. The second kappa shape index (κ2) is 6.57. The first-order valence-electron chi connectivity index (χ1n) is 6.28. The van der Waals surface area contributed by atoms with E-state index >= 15 is 0 Å². The minimum Gasteiger partial charge on any atom is -0.313 e. The van der Waals surface area contributed by atoms with E-state index in [-0.39, 0.29) is 5.75 Å². The maximum absolute atomic E-state index is 11.4. The Bertz CT molecular complexity index is 290. The monoisotopic (exact) mass is 248 g/mol. The SMILES string of the molecule is CCNS(=O)(=O)CCNC1CCC(CC)C1. The highest BCUT2D eigenvalue weighted by molar-refractivity contribution is 7.89. The molecule has 2 atom stereocenters. The average Bonchev–Trinajstić information content (AvgIpc) is 2.65. The van der Waals surface area contributed by atoms with Crippen molar-refractivity contribution in [2.75, 3.05) is 18.8 Å². The first-order chi connectivity index (χ1) is 7.57. The van der Waals surface area contributed by atoms with Gasteiger partial charge in [-0.05, 0) is 25.2 Å². The van der Waals surface area contributed by atoms with Crippen LogP contribution in [0.4, 0.5) is 0 Å². The Balaban J connectivity index is 2.17. The molecule has 2 unspecified atom stereocenters. The second-order valence-electron chi connectivity index (χ2n) is 4.56. The van der Waals surface area contributed by atoms with Gasteiger partial charge in [-0.3, -0.25) is 0 Å². The lowest BCUT2D eigenvalue weighted by Crippen LogP contribution is -2.35. The molecule has 4 nitrogen and oxygen atoms in total.